The molecule has 2 aromatic rings. The van der Waals surface area contributed by atoms with Crippen molar-refractivity contribution in [1.29, 1.82) is 0 Å². The van der Waals surface area contributed by atoms with Gasteiger partial charge in [-0.25, -0.2) is 9.37 Å². The van der Waals surface area contributed by atoms with E-state index in [0.717, 1.165) is 0 Å². The Hall–Kier alpha value is -1.26. The molecule has 1 heterocycles. The molecule has 0 atom stereocenters. The van der Waals surface area contributed by atoms with E-state index in [1.165, 1.54) is 24.5 Å². The summed E-state index contributed by atoms with van der Waals surface area (Å²) in [4.78, 5) is 6.70. The summed E-state index contributed by atoms with van der Waals surface area (Å²) in [7, 11) is 0. The zero-order chi connectivity index (χ0) is 10.8. The van der Waals surface area contributed by atoms with Crippen LogP contribution in [0.3, 0.4) is 0 Å². The standard InChI is InChI=1S/C10H6ClFN2S/c11-8-2-1-6(12)3-7(8)9-4-10(15)14-5-13-9/h1-5H,(H,13,14,15). The van der Waals surface area contributed by atoms with Crippen molar-refractivity contribution >= 4 is 23.8 Å². The van der Waals surface area contributed by atoms with Crippen LogP contribution in [-0.2, 0) is 0 Å². The maximum absolute atomic E-state index is 13.0. The van der Waals surface area contributed by atoms with Crippen LogP contribution in [0.4, 0.5) is 4.39 Å². The topological polar surface area (TPSA) is 28.7 Å². The highest BCUT2D eigenvalue weighted by atomic mass is 35.5. The molecule has 0 unspecified atom stereocenters. The second-order valence-corrected chi connectivity index (χ2v) is 3.75. The van der Waals surface area contributed by atoms with E-state index in [0.29, 0.717) is 20.9 Å². The monoisotopic (exact) mass is 240 g/mol. The maximum Gasteiger partial charge on any atom is 0.130 e. The van der Waals surface area contributed by atoms with Crippen LogP contribution < -0.4 is 0 Å². The summed E-state index contributed by atoms with van der Waals surface area (Å²) in [6, 6.07) is 5.80. The van der Waals surface area contributed by atoms with Gasteiger partial charge in [0, 0.05) is 5.56 Å². The Labute approximate surface area is 95.8 Å². The average Bonchev–Trinajstić information content (AvgIpc) is 2.22. The van der Waals surface area contributed by atoms with Crippen molar-refractivity contribution in [1.82, 2.24) is 9.97 Å². The van der Waals surface area contributed by atoms with E-state index in [9.17, 15) is 4.39 Å². The number of hydrogen-bond acceptors (Lipinski definition) is 2. The van der Waals surface area contributed by atoms with Gasteiger partial charge in [-0.05, 0) is 24.3 Å². The van der Waals surface area contributed by atoms with Crippen LogP contribution in [0.25, 0.3) is 11.3 Å². The van der Waals surface area contributed by atoms with E-state index < -0.39 is 0 Å². The Bertz CT molecular complexity index is 553. The van der Waals surface area contributed by atoms with Crippen LogP contribution >= 0.6 is 23.8 Å². The molecule has 76 valence electrons. The van der Waals surface area contributed by atoms with Crippen LogP contribution in [0.2, 0.25) is 5.02 Å². The predicted octanol–water partition coefficient (Wildman–Crippen LogP) is 3.60. The summed E-state index contributed by atoms with van der Waals surface area (Å²) in [5.74, 6) is -0.342. The van der Waals surface area contributed by atoms with E-state index in [4.69, 9.17) is 23.8 Å². The third-order valence-corrected chi connectivity index (χ3v) is 2.45. The highest BCUT2D eigenvalue weighted by Crippen LogP contribution is 2.26. The molecule has 1 N–H and O–H groups in total. The minimum atomic E-state index is -0.342. The lowest BCUT2D eigenvalue weighted by Gasteiger charge is -2.03. The Balaban J connectivity index is 2.63. The number of nitrogens with one attached hydrogen (secondary N) is 1. The van der Waals surface area contributed by atoms with Crippen molar-refractivity contribution in [3.05, 3.63) is 46.1 Å². The minimum absolute atomic E-state index is 0.342. The van der Waals surface area contributed by atoms with Gasteiger partial charge in [-0.2, -0.15) is 0 Å². The molecule has 1 aromatic heterocycles. The number of aromatic amines is 1. The van der Waals surface area contributed by atoms with Crippen LogP contribution in [-0.4, -0.2) is 9.97 Å². The lowest BCUT2D eigenvalue weighted by Crippen LogP contribution is -1.87. The number of nitrogens with zero attached hydrogens (tertiary/aromatic N) is 1. The van der Waals surface area contributed by atoms with Crippen molar-refractivity contribution in [3.63, 3.8) is 0 Å². The average molecular weight is 241 g/mol. The quantitative estimate of drug-likeness (QED) is 0.772. The lowest BCUT2D eigenvalue weighted by atomic mass is 10.1. The molecule has 0 amide bonds. The van der Waals surface area contributed by atoms with Gasteiger partial charge in [-0.1, -0.05) is 23.8 Å². The molecule has 15 heavy (non-hydrogen) atoms. The molecule has 0 radical (unpaired) electrons. The number of aromatic nitrogens is 2. The highest BCUT2D eigenvalue weighted by Gasteiger charge is 2.05. The van der Waals surface area contributed by atoms with E-state index in [1.54, 1.807) is 6.07 Å². The number of rotatable bonds is 1. The molecule has 5 heteroatoms. The van der Waals surface area contributed by atoms with E-state index >= 15 is 0 Å². The first-order chi connectivity index (χ1) is 7.16. The molecule has 0 aliphatic heterocycles. The first kappa shape index (κ1) is 10.3. The number of benzene rings is 1. The Kier molecular flexibility index (Phi) is 2.79. The molecule has 0 saturated carbocycles. The molecule has 0 fully saturated rings. The number of H-pyrrole nitrogens is 1. The summed E-state index contributed by atoms with van der Waals surface area (Å²) in [6.07, 6.45) is 1.46. The molecule has 0 saturated heterocycles. The van der Waals surface area contributed by atoms with Gasteiger partial charge in [0.1, 0.15) is 10.5 Å². The van der Waals surface area contributed by atoms with E-state index in [1.807, 2.05) is 0 Å². The van der Waals surface area contributed by atoms with Crippen LogP contribution in [0, 0.1) is 10.5 Å². The molecule has 0 aliphatic carbocycles. The van der Waals surface area contributed by atoms with Crippen molar-refractivity contribution in [2.75, 3.05) is 0 Å². The van der Waals surface area contributed by atoms with Crippen LogP contribution in [0.1, 0.15) is 0 Å². The van der Waals surface area contributed by atoms with Gasteiger partial charge >= 0.3 is 0 Å². The van der Waals surface area contributed by atoms with Crippen molar-refractivity contribution in [3.8, 4) is 11.3 Å². The summed E-state index contributed by atoms with van der Waals surface area (Å²) in [5.41, 5.74) is 1.23. The Morgan fingerprint density at radius 3 is 2.87 bits per heavy atom. The third kappa shape index (κ3) is 2.22. The first-order valence-electron chi connectivity index (χ1n) is 4.17. The second kappa shape index (κ2) is 4.08. The second-order valence-electron chi connectivity index (χ2n) is 2.92. The zero-order valence-corrected chi connectivity index (χ0v) is 9.07. The van der Waals surface area contributed by atoms with Gasteiger partial charge in [0.05, 0.1) is 17.0 Å². The van der Waals surface area contributed by atoms with Crippen molar-refractivity contribution in [2.45, 2.75) is 0 Å². The molecule has 0 aliphatic rings. The highest BCUT2D eigenvalue weighted by molar-refractivity contribution is 7.71. The Morgan fingerprint density at radius 1 is 1.33 bits per heavy atom. The number of hydrogen-bond donors (Lipinski definition) is 1. The van der Waals surface area contributed by atoms with Gasteiger partial charge in [-0.3, -0.25) is 0 Å². The van der Waals surface area contributed by atoms with Gasteiger partial charge < -0.3 is 4.98 Å². The zero-order valence-electron chi connectivity index (χ0n) is 7.50. The van der Waals surface area contributed by atoms with E-state index in [2.05, 4.69) is 9.97 Å². The third-order valence-electron chi connectivity index (χ3n) is 1.90. The molecule has 0 bridgehead atoms. The normalized spacial score (nSPS) is 10.3. The van der Waals surface area contributed by atoms with Gasteiger partial charge in [0.25, 0.3) is 0 Å². The van der Waals surface area contributed by atoms with Crippen molar-refractivity contribution in [2.24, 2.45) is 0 Å². The lowest BCUT2D eigenvalue weighted by molar-refractivity contribution is 0.628. The van der Waals surface area contributed by atoms with Gasteiger partial charge in [0.15, 0.2) is 0 Å². The summed E-state index contributed by atoms with van der Waals surface area (Å²) in [5, 5.41) is 0.466. The van der Waals surface area contributed by atoms with Crippen LogP contribution in [0.5, 0.6) is 0 Å². The molecule has 2 nitrogen and oxygen atoms in total. The summed E-state index contributed by atoms with van der Waals surface area (Å²) in [6.45, 7) is 0. The smallest absolute Gasteiger partial charge is 0.130 e. The minimum Gasteiger partial charge on any atom is -0.346 e. The molecular weight excluding hydrogens is 235 g/mol. The molecular formula is C10H6ClFN2S. The molecule has 1 aromatic carbocycles. The SMILES string of the molecule is Fc1ccc(Cl)c(-c2cc(=S)nc[nH]2)c1. The van der Waals surface area contributed by atoms with E-state index in [-0.39, 0.29) is 5.82 Å². The summed E-state index contributed by atoms with van der Waals surface area (Å²) < 4.78 is 13.5. The van der Waals surface area contributed by atoms with Crippen LogP contribution in [0.15, 0.2) is 30.6 Å². The molecule has 0 spiro atoms. The fraction of sp³-hybridized carbons (Fsp3) is 0. The number of halogens is 2. The van der Waals surface area contributed by atoms with Crippen molar-refractivity contribution < 1.29 is 4.39 Å². The molecule has 2 rings (SSSR count). The van der Waals surface area contributed by atoms with Gasteiger partial charge in [0.2, 0.25) is 0 Å². The fourth-order valence-corrected chi connectivity index (χ4v) is 1.62. The first-order valence-corrected chi connectivity index (χ1v) is 4.95. The maximum atomic E-state index is 13.0. The largest absolute Gasteiger partial charge is 0.346 e. The fourth-order valence-electron chi connectivity index (χ4n) is 1.23. The summed E-state index contributed by atoms with van der Waals surface area (Å²) >= 11 is 10.8. The Morgan fingerprint density at radius 2 is 2.13 bits per heavy atom. The predicted molar refractivity (Wildman–Crippen MR) is 59.8 cm³/mol. The van der Waals surface area contributed by atoms with Gasteiger partial charge in [-0.15, -0.1) is 0 Å².